The molecule has 1 rings (SSSR count). The van der Waals surface area contributed by atoms with E-state index in [2.05, 4.69) is 4.90 Å². The van der Waals surface area contributed by atoms with E-state index < -0.39 is 0 Å². The summed E-state index contributed by atoms with van der Waals surface area (Å²) in [7, 11) is 3.67. The van der Waals surface area contributed by atoms with Crippen LogP contribution in [0, 0.1) is 0 Å². The van der Waals surface area contributed by atoms with Crippen LogP contribution in [-0.2, 0) is 11.3 Å². The molecule has 4 nitrogen and oxygen atoms in total. The largest absolute Gasteiger partial charge is 0.504 e. The molecule has 0 fully saturated rings. The Morgan fingerprint density at radius 2 is 2.12 bits per heavy atom. The minimum Gasteiger partial charge on any atom is -0.504 e. The standard InChI is InChI=1S/C13H21NO3/c1-4-17-12-7-5-6-11(13(12)15)10-14(2)8-9-16-3/h5-7,15H,4,8-10H2,1-3H3. The molecule has 96 valence electrons. The molecule has 0 radical (unpaired) electrons. The Morgan fingerprint density at radius 1 is 1.35 bits per heavy atom. The molecule has 1 aromatic carbocycles. The van der Waals surface area contributed by atoms with Crippen molar-refractivity contribution < 1.29 is 14.6 Å². The zero-order valence-electron chi connectivity index (χ0n) is 10.8. The minimum atomic E-state index is 0.235. The first kappa shape index (κ1) is 13.8. The van der Waals surface area contributed by atoms with Crippen LogP contribution in [0.4, 0.5) is 0 Å². The molecule has 1 aromatic rings. The Kier molecular flexibility index (Phi) is 5.80. The van der Waals surface area contributed by atoms with E-state index in [0.717, 1.165) is 12.1 Å². The zero-order valence-corrected chi connectivity index (χ0v) is 10.8. The first-order chi connectivity index (χ1) is 8.19. The summed E-state index contributed by atoms with van der Waals surface area (Å²) < 4.78 is 10.4. The Balaban J connectivity index is 2.67. The smallest absolute Gasteiger partial charge is 0.162 e. The van der Waals surface area contributed by atoms with Gasteiger partial charge >= 0.3 is 0 Å². The van der Waals surface area contributed by atoms with Crippen molar-refractivity contribution >= 4 is 0 Å². The normalized spacial score (nSPS) is 10.8. The number of hydrogen-bond donors (Lipinski definition) is 1. The van der Waals surface area contributed by atoms with Crippen LogP contribution in [0.3, 0.4) is 0 Å². The van der Waals surface area contributed by atoms with E-state index in [1.54, 1.807) is 13.2 Å². The van der Waals surface area contributed by atoms with Crippen molar-refractivity contribution in [2.75, 3.05) is 33.9 Å². The molecule has 0 aliphatic carbocycles. The molecule has 17 heavy (non-hydrogen) atoms. The molecule has 0 bridgehead atoms. The molecule has 4 heteroatoms. The van der Waals surface area contributed by atoms with Gasteiger partial charge in [-0.1, -0.05) is 12.1 Å². The van der Waals surface area contributed by atoms with E-state index in [-0.39, 0.29) is 5.75 Å². The average Bonchev–Trinajstić information content (AvgIpc) is 2.32. The Labute approximate surface area is 103 Å². The molecule has 0 spiro atoms. The highest BCUT2D eigenvalue weighted by Crippen LogP contribution is 2.30. The van der Waals surface area contributed by atoms with Crippen LogP contribution in [0.25, 0.3) is 0 Å². The van der Waals surface area contributed by atoms with E-state index in [1.165, 1.54) is 0 Å². The Hall–Kier alpha value is -1.26. The van der Waals surface area contributed by atoms with Crippen LogP contribution in [0.1, 0.15) is 12.5 Å². The molecular weight excluding hydrogens is 218 g/mol. The molecular formula is C13H21NO3. The third-order valence-electron chi connectivity index (χ3n) is 2.50. The van der Waals surface area contributed by atoms with Gasteiger partial charge in [-0.05, 0) is 20.0 Å². The van der Waals surface area contributed by atoms with Gasteiger partial charge in [-0.2, -0.15) is 0 Å². The lowest BCUT2D eigenvalue weighted by Crippen LogP contribution is -2.22. The molecule has 0 heterocycles. The number of likely N-dealkylation sites (N-methyl/N-ethyl adjacent to an activating group) is 1. The fourth-order valence-electron chi connectivity index (χ4n) is 1.58. The maximum absolute atomic E-state index is 10.0. The lowest BCUT2D eigenvalue weighted by molar-refractivity contribution is 0.158. The zero-order chi connectivity index (χ0) is 12.7. The topological polar surface area (TPSA) is 41.9 Å². The van der Waals surface area contributed by atoms with Gasteiger partial charge in [0.05, 0.1) is 13.2 Å². The second-order valence-electron chi connectivity index (χ2n) is 3.93. The highest BCUT2D eigenvalue weighted by atomic mass is 16.5. The molecule has 0 aromatic heterocycles. The first-order valence-corrected chi connectivity index (χ1v) is 5.80. The van der Waals surface area contributed by atoms with Crippen LogP contribution in [-0.4, -0.2) is 43.9 Å². The molecule has 0 saturated carbocycles. The molecule has 0 saturated heterocycles. The van der Waals surface area contributed by atoms with Crippen LogP contribution in [0.2, 0.25) is 0 Å². The van der Waals surface area contributed by atoms with Crippen molar-refractivity contribution in [1.82, 2.24) is 4.90 Å². The van der Waals surface area contributed by atoms with Crippen LogP contribution < -0.4 is 4.74 Å². The SMILES string of the molecule is CCOc1cccc(CN(C)CCOC)c1O. The van der Waals surface area contributed by atoms with E-state index in [9.17, 15) is 5.11 Å². The number of phenols is 1. The van der Waals surface area contributed by atoms with Gasteiger partial charge in [0.1, 0.15) is 0 Å². The molecule has 0 atom stereocenters. The van der Waals surface area contributed by atoms with Gasteiger partial charge in [-0.3, -0.25) is 4.90 Å². The minimum absolute atomic E-state index is 0.235. The molecule has 1 N–H and O–H groups in total. The average molecular weight is 239 g/mol. The summed E-state index contributed by atoms with van der Waals surface area (Å²) in [5, 5.41) is 10.0. The van der Waals surface area contributed by atoms with Gasteiger partial charge in [-0.15, -0.1) is 0 Å². The predicted molar refractivity (Wildman–Crippen MR) is 67.5 cm³/mol. The van der Waals surface area contributed by atoms with Crippen molar-refractivity contribution in [3.05, 3.63) is 23.8 Å². The van der Waals surface area contributed by atoms with E-state index in [4.69, 9.17) is 9.47 Å². The molecule has 0 amide bonds. The van der Waals surface area contributed by atoms with Crippen molar-refractivity contribution in [3.63, 3.8) is 0 Å². The fourth-order valence-corrected chi connectivity index (χ4v) is 1.58. The number of nitrogens with zero attached hydrogens (tertiary/aromatic N) is 1. The van der Waals surface area contributed by atoms with Crippen molar-refractivity contribution in [2.24, 2.45) is 0 Å². The number of aromatic hydroxyl groups is 1. The summed E-state index contributed by atoms with van der Waals surface area (Å²) in [6.45, 7) is 4.64. The van der Waals surface area contributed by atoms with Crippen molar-refractivity contribution in [1.29, 1.82) is 0 Å². The maximum atomic E-state index is 10.0. The number of para-hydroxylation sites is 1. The molecule has 0 aliphatic heterocycles. The number of phenolic OH excluding ortho intramolecular Hbond substituents is 1. The highest BCUT2D eigenvalue weighted by molar-refractivity contribution is 5.45. The monoisotopic (exact) mass is 239 g/mol. The van der Waals surface area contributed by atoms with E-state index in [1.807, 2.05) is 26.1 Å². The van der Waals surface area contributed by atoms with Gasteiger partial charge in [0.15, 0.2) is 11.5 Å². The fraction of sp³-hybridized carbons (Fsp3) is 0.538. The predicted octanol–water partition coefficient (Wildman–Crippen LogP) is 1.87. The Morgan fingerprint density at radius 3 is 2.76 bits per heavy atom. The maximum Gasteiger partial charge on any atom is 0.162 e. The Bertz CT molecular complexity index is 341. The van der Waals surface area contributed by atoms with Gasteiger partial charge in [0.2, 0.25) is 0 Å². The van der Waals surface area contributed by atoms with Crippen molar-refractivity contribution in [3.8, 4) is 11.5 Å². The summed E-state index contributed by atoms with van der Waals surface area (Å²) in [6, 6.07) is 5.57. The number of benzene rings is 1. The summed E-state index contributed by atoms with van der Waals surface area (Å²) in [5.74, 6) is 0.781. The summed E-state index contributed by atoms with van der Waals surface area (Å²) in [6.07, 6.45) is 0. The van der Waals surface area contributed by atoms with Gasteiger partial charge < -0.3 is 14.6 Å². The molecule has 0 aliphatic rings. The third-order valence-corrected chi connectivity index (χ3v) is 2.50. The lowest BCUT2D eigenvalue weighted by Gasteiger charge is -2.17. The van der Waals surface area contributed by atoms with Crippen LogP contribution >= 0.6 is 0 Å². The number of hydrogen-bond acceptors (Lipinski definition) is 4. The van der Waals surface area contributed by atoms with Crippen LogP contribution in [0.15, 0.2) is 18.2 Å². The molecule has 0 unspecified atom stereocenters. The van der Waals surface area contributed by atoms with E-state index >= 15 is 0 Å². The number of ether oxygens (including phenoxy) is 2. The summed E-state index contributed by atoms with van der Waals surface area (Å²) >= 11 is 0. The summed E-state index contributed by atoms with van der Waals surface area (Å²) in [4.78, 5) is 2.09. The summed E-state index contributed by atoms with van der Waals surface area (Å²) in [5.41, 5.74) is 0.870. The third kappa shape index (κ3) is 4.24. The van der Waals surface area contributed by atoms with Crippen molar-refractivity contribution in [2.45, 2.75) is 13.5 Å². The lowest BCUT2D eigenvalue weighted by atomic mass is 10.1. The number of methoxy groups -OCH3 is 1. The highest BCUT2D eigenvalue weighted by Gasteiger charge is 2.09. The van der Waals surface area contributed by atoms with Gasteiger partial charge in [-0.25, -0.2) is 0 Å². The van der Waals surface area contributed by atoms with Gasteiger partial charge in [0, 0.05) is 25.8 Å². The number of rotatable bonds is 7. The first-order valence-electron chi connectivity index (χ1n) is 5.80. The quantitative estimate of drug-likeness (QED) is 0.788. The second-order valence-corrected chi connectivity index (χ2v) is 3.93. The van der Waals surface area contributed by atoms with Gasteiger partial charge in [0.25, 0.3) is 0 Å². The second kappa shape index (κ2) is 7.14. The van der Waals surface area contributed by atoms with Crippen LogP contribution in [0.5, 0.6) is 11.5 Å². The van der Waals surface area contributed by atoms with E-state index in [0.29, 0.717) is 25.5 Å².